The van der Waals surface area contributed by atoms with Crippen molar-refractivity contribution < 1.29 is 9.53 Å². The van der Waals surface area contributed by atoms with Crippen molar-refractivity contribution in [2.24, 2.45) is 5.10 Å². The minimum atomic E-state index is -0.415. The van der Waals surface area contributed by atoms with Crippen molar-refractivity contribution in [1.82, 2.24) is 15.0 Å². The number of carbonyl (C=O) groups is 1. The van der Waals surface area contributed by atoms with Gasteiger partial charge in [-0.2, -0.15) is 5.10 Å². The first-order valence-electron chi connectivity index (χ1n) is 9.91. The lowest BCUT2D eigenvalue weighted by Gasteiger charge is -2.10. The van der Waals surface area contributed by atoms with Crippen LogP contribution in [0.15, 0.2) is 52.6 Å². The number of benzene rings is 2. The fourth-order valence-electron chi connectivity index (χ4n) is 3.43. The predicted molar refractivity (Wildman–Crippen MR) is 124 cm³/mol. The summed E-state index contributed by atoms with van der Waals surface area (Å²) < 4.78 is 7.01. The summed E-state index contributed by atoms with van der Waals surface area (Å²) in [4.78, 5) is 31.2. The summed E-state index contributed by atoms with van der Waals surface area (Å²) in [7, 11) is 0. The van der Waals surface area contributed by atoms with E-state index in [0.29, 0.717) is 22.6 Å². The van der Waals surface area contributed by atoms with Crippen molar-refractivity contribution in [3.8, 4) is 5.75 Å². The number of nitrogens with zero attached hydrogens (tertiary/aromatic N) is 3. The second-order valence-corrected chi connectivity index (χ2v) is 8.27. The lowest BCUT2D eigenvalue weighted by Crippen LogP contribution is -2.30. The van der Waals surface area contributed by atoms with E-state index in [9.17, 15) is 9.59 Å². The Labute approximate surface area is 183 Å². The largest absolute Gasteiger partial charge is 0.493 e. The number of rotatable bonds is 6. The van der Waals surface area contributed by atoms with Gasteiger partial charge in [0.15, 0.2) is 0 Å². The van der Waals surface area contributed by atoms with E-state index in [2.05, 4.69) is 15.5 Å². The molecule has 7 nitrogen and oxygen atoms in total. The third-order valence-electron chi connectivity index (χ3n) is 5.08. The number of thiophene rings is 1. The van der Waals surface area contributed by atoms with Gasteiger partial charge in [-0.25, -0.2) is 10.4 Å². The van der Waals surface area contributed by atoms with Gasteiger partial charge in [0.05, 0.1) is 24.5 Å². The Morgan fingerprint density at radius 2 is 2.06 bits per heavy atom. The van der Waals surface area contributed by atoms with Crippen LogP contribution in [0.1, 0.15) is 22.9 Å². The van der Waals surface area contributed by atoms with E-state index in [1.54, 1.807) is 6.21 Å². The molecule has 1 N–H and O–H groups in total. The number of nitrogens with one attached hydrogen (secondary N) is 1. The average Bonchev–Trinajstić information content (AvgIpc) is 3.06. The quantitative estimate of drug-likeness (QED) is 0.370. The van der Waals surface area contributed by atoms with Gasteiger partial charge in [0, 0.05) is 10.4 Å². The van der Waals surface area contributed by atoms with E-state index in [1.165, 1.54) is 22.2 Å². The van der Waals surface area contributed by atoms with Crippen LogP contribution in [0.5, 0.6) is 5.75 Å². The molecule has 0 unspecified atom stereocenters. The SMILES string of the molecule is CCOc1ccc2ccccc2c1/C=N\NC(=O)Cn1cnc2sc(C)c(C)c2c1=O. The average molecular weight is 435 g/mol. The summed E-state index contributed by atoms with van der Waals surface area (Å²) in [6.07, 6.45) is 2.98. The van der Waals surface area contributed by atoms with Gasteiger partial charge in [0.1, 0.15) is 17.1 Å². The first-order valence-corrected chi connectivity index (χ1v) is 10.7. The maximum absolute atomic E-state index is 12.8. The summed E-state index contributed by atoms with van der Waals surface area (Å²) >= 11 is 1.48. The third kappa shape index (κ3) is 4.06. The highest BCUT2D eigenvalue weighted by molar-refractivity contribution is 7.18. The van der Waals surface area contributed by atoms with E-state index >= 15 is 0 Å². The van der Waals surface area contributed by atoms with Crippen molar-refractivity contribution in [3.63, 3.8) is 0 Å². The van der Waals surface area contributed by atoms with Gasteiger partial charge >= 0.3 is 0 Å². The zero-order valence-corrected chi connectivity index (χ0v) is 18.3. The Kier molecular flexibility index (Phi) is 5.81. The molecule has 2 aromatic heterocycles. The zero-order chi connectivity index (χ0) is 22.0. The van der Waals surface area contributed by atoms with Crippen molar-refractivity contribution in [1.29, 1.82) is 0 Å². The highest BCUT2D eigenvalue weighted by atomic mass is 32.1. The van der Waals surface area contributed by atoms with Crippen LogP contribution in [0.4, 0.5) is 0 Å². The predicted octanol–water partition coefficient (Wildman–Crippen LogP) is 3.78. The lowest BCUT2D eigenvalue weighted by molar-refractivity contribution is -0.121. The zero-order valence-electron chi connectivity index (χ0n) is 17.5. The fourth-order valence-corrected chi connectivity index (χ4v) is 4.42. The molecule has 0 fully saturated rings. The number of hydrogen-bond donors (Lipinski definition) is 1. The molecule has 0 aliphatic rings. The van der Waals surface area contributed by atoms with Gasteiger partial charge in [0.2, 0.25) is 0 Å². The van der Waals surface area contributed by atoms with Gasteiger partial charge in [-0.3, -0.25) is 14.2 Å². The molecule has 0 aliphatic heterocycles. The van der Waals surface area contributed by atoms with Crippen molar-refractivity contribution in [3.05, 3.63) is 69.1 Å². The highest BCUT2D eigenvalue weighted by Crippen LogP contribution is 2.27. The van der Waals surface area contributed by atoms with Crippen LogP contribution in [0.2, 0.25) is 0 Å². The number of ether oxygens (including phenoxy) is 1. The number of hydrogen-bond acceptors (Lipinski definition) is 6. The number of hydrazone groups is 1. The molecule has 0 spiro atoms. The van der Waals surface area contributed by atoms with Gasteiger partial charge in [-0.05, 0) is 43.2 Å². The molecule has 0 saturated heterocycles. The van der Waals surface area contributed by atoms with Gasteiger partial charge in [-0.1, -0.05) is 30.3 Å². The maximum atomic E-state index is 12.8. The standard InChI is InChI=1S/C23H22N4O3S/c1-4-30-19-10-9-16-7-5-6-8-17(16)18(19)11-25-26-20(28)12-27-13-24-22-21(23(27)29)14(2)15(3)31-22/h5-11,13H,4,12H2,1-3H3,(H,26,28)/b25-11-. The highest BCUT2D eigenvalue weighted by Gasteiger charge is 2.13. The molecule has 0 radical (unpaired) electrons. The Balaban J connectivity index is 1.55. The van der Waals surface area contributed by atoms with Gasteiger partial charge < -0.3 is 4.74 Å². The smallest absolute Gasteiger partial charge is 0.262 e. The van der Waals surface area contributed by atoms with Crippen LogP contribution in [-0.4, -0.2) is 28.3 Å². The summed E-state index contributed by atoms with van der Waals surface area (Å²) in [5.74, 6) is 0.274. The van der Waals surface area contributed by atoms with E-state index in [4.69, 9.17) is 4.74 Å². The maximum Gasteiger partial charge on any atom is 0.262 e. The van der Waals surface area contributed by atoms with Crippen LogP contribution in [0.25, 0.3) is 21.0 Å². The molecule has 1 amide bonds. The summed E-state index contributed by atoms with van der Waals surface area (Å²) in [6, 6.07) is 11.8. The first kappa shape index (κ1) is 20.7. The van der Waals surface area contributed by atoms with Crippen LogP contribution in [0.3, 0.4) is 0 Å². The second kappa shape index (κ2) is 8.69. The molecule has 0 bridgehead atoms. The Hall–Kier alpha value is -3.52. The van der Waals surface area contributed by atoms with Crippen molar-refractivity contribution >= 4 is 44.4 Å². The van der Waals surface area contributed by atoms with Gasteiger partial charge in [-0.15, -0.1) is 11.3 Å². The molecular formula is C23H22N4O3S. The van der Waals surface area contributed by atoms with Crippen LogP contribution in [-0.2, 0) is 11.3 Å². The topological polar surface area (TPSA) is 85.6 Å². The minimum Gasteiger partial charge on any atom is -0.493 e. The molecule has 2 aromatic carbocycles. The van der Waals surface area contributed by atoms with E-state index in [1.807, 2.05) is 57.2 Å². The van der Waals surface area contributed by atoms with Crippen molar-refractivity contribution in [2.75, 3.05) is 6.61 Å². The normalized spacial score (nSPS) is 11.5. The van der Waals surface area contributed by atoms with E-state index in [0.717, 1.165) is 26.8 Å². The van der Waals surface area contributed by atoms with E-state index in [-0.39, 0.29) is 12.1 Å². The molecule has 31 heavy (non-hydrogen) atoms. The number of amides is 1. The Morgan fingerprint density at radius 3 is 2.87 bits per heavy atom. The lowest BCUT2D eigenvalue weighted by atomic mass is 10.0. The Morgan fingerprint density at radius 1 is 1.26 bits per heavy atom. The third-order valence-corrected chi connectivity index (χ3v) is 6.20. The first-order chi connectivity index (χ1) is 15.0. The molecule has 8 heteroatoms. The number of aryl methyl sites for hydroxylation is 2. The summed E-state index contributed by atoms with van der Waals surface area (Å²) in [6.45, 7) is 6.12. The Bertz CT molecular complexity index is 1370. The molecule has 0 atom stereocenters. The number of carbonyl (C=O) groups excluding carboxylic acids is 1. The fraction of sp³-hybridized carbons (Fsp3) is 0.217. The van der Waals surface area contributed by atoms with Gasteiger partial charge in [0.25, 0.3) is 11.5 Å². The molecule has 158 valence electrons. The minimum absolute atomic E-state index is 0.165. The van der Waals surface area contributed by atoms with Crippen LogP contribution in [0, 0.1) is 13.8 Å². The molecule has 2 heterocycles. The second-order valence-electron chi connectivity index (χ2n) is 7.07. The summed E-state index contributed by atoms with van der Waals surface area (Å²) in [5.41, 5.74) is 3.96. The number of fused-ring (bicyclic) bond motifs is 2. The molecular weight excluding hydrogens is 412 g/mol. The van der Waals surface area contributed by atoms with Crippen LogP contribution < -0.4 is 15.7 Å². The van der Waals surface area contributed by atoms with Crippen molar-refractivity contribution in [2.45, 2.75) is 27.3 Å². The monoisotopic (exact) mass is 434 g/mol. The number of aromatic nitrogens is 2. The molecule has 0 saturated carbocycles. The molecule has 4 aromatic rings. The van der Waals surface area contributed by atoms with E-state index < -0.39 is 5.91 Å². The van der Waals surface area contributed by atoms with Crippen LogP contribution >= 0.6 is 11.3 Å². The molecule has 4 rings (SSSR count). The molecule has 0 aliphatic carbocycles. The summed E-state index contributed by atoms with van der Waals surface area (Å²) in [5, 5.41) is 6.69.